The van der Waals surface area contributed by atoms with Crippen molar-refractivity contribution < 1.29 is 89.4 Å². The Kier molecular flexibility index (Phi) is 58.9. The maximum absolute atomic E-state index is 13.5. The Morgan fingerprint density at radius 1 is 0.347 bits per heavy atom. The molecule has 3 fully saturated rings. The van der Waals surface area contributed by atoms with Crippen molar-refractivity contribution in [2.45, 2.75) is 478 Å². The molecule has 101 heavy (non-hydrogen) atoms. The van der Waals surface area contributed by atoms with Crippen molar-refractivity contribution >= 4 is 5.91 Å². The topological polar surface area (TPSA) is 307 Å². The number of carbonyl (C=O) groups excluding carboxylic acids is 1. The van der Waals surface area contributed by atoms with E-state index in [9.17, 15) is 61.0 Å². The van der Waals surface area contributed by atoms with Gasteiger partial charge in [0.25, 0.3) is 0 Å². The summed E-state index contributed by atoms with van der Waals surface area (Å²) in [6, 6.07) is -0.970. The van der Waals surface area contributed by atoms with Crippen LogP contribution in [0.3, 0.4) is 0 Å². The molecule has 3 aliphatic rings. The molecule has 3 heterocycles. The molecule has 17 atom stereocenters. The first-order chi connectivity index (χ1) is 49.3. The number of hydrogen-bond acceptors (Lipinski definition) is 18. The highest BCUT2D eigenvalue weighted by Gasteiger charge is 2.54. The van der Waals surface area contributed by atoms with Gasteiger partial charge in [-0.05, 0) is 19.3 Å². The van der Waals surface area contributed by atoms with E-state index in [4.69, 9.17) is 28.4 Å². The van der Waals surface area contributed by atoms with E-state index in [1.165, 1.54) is 302 Å². The number of allylic oxidation sites excluding steroid dienone is 1. The highest BCUT2D eigenvalue weighted by atomic mass is 16.8. The van der Waals surface area contributed by atoms with Crippen LogP contribution in [0.25, 0.3) is 0 Å². The standard InChI is InChI=1S/C82H157NO18/c1-3-5-7-9-11-13-15-17-19-21-23-25-26-27-28-29-30-31-32-33-34-35-36-37-38-39-40-42-44-46-48-50-52-54-56-58-60-70(88)83-65(66(87)59-57-55-53-51-49-47-45-43-41-24-22-20-18-16-14-12-10-8-6-4-2)64-96-80-76(94)73(91)78(68(62-85)98-80)101-82-77(95)74(92)79(69(63-86)99-82)100-81-75(93)72(90)71(89)67(61-84)97-81/h57,59,65-69,71-82,84-87,89-95H,3-56,58,60-64H2,1-2H3,(H,83,88)/b59-57+. The van der Waals surface area contributed by atoms with Crippen LogP contribution in [0.1, 0.15) is 373 Å². The van der Waals surface area contributed by atoms with E-state index >= 15 is 0 Å². The Morgan fingerprint density at radius 3 is 0.931 bits per heavy atom. The quantitative estimate of drug-likeness (QED) is 0.0199. The Labute approximate surface area is 614 Å². The molecule has 19 heteroatoms. The predicted molar refractivity (Wildman–Crippen MR) is 402 cm³/mol. The van der Waals surface area contributed by atoms with E-state index in [1.54, 1.807) is 6.08 Å². The Morgan fingerprint density at radius 2 is 0.614 bits per heavy atom. The summed E-state index contributed by atoms with van der Waals surface area (Å²) >= 11 is 0. The first kappa shape index (κ1) is 93.7. The molecule has 0 spiro atoms. The summed E-state index contributed by atoms with van der Waals surface area (Å²) < 4.78 is 34.5. The molecule has 598 valence electrons. The zero-order chi connectivity index (χ0) is 73.2. The van der Waals surface area contributed by atoms with Crippen LogP contribution in [0.15, 0.2) is 12.2 Å². The Bertz CT molecular complexity index is 1870. The van der Waals surface area contributed by atoms with Gasteiger partial charge in [0, 0.05) is 6.42 Å². The number of carbonyl (C=O) groups is 1. The molecule has 0 aromatic carbocycles. The van der Waals surface area contributed by atoms with E-state index in [0.29, 0.717) is 6.42 Å². The number of ether oxygens (including phenoxy) is 6. The smallest absolute Gasteiger partial charge is 0.220 e. The lowest BCUT2D eigenvalue weighted by Gasteiger charge is -2.48. The SMILES string of the molecule is CCCCCCCCCCCCCCCCCCCC/C=C/C(O)C(COC1OC(CO)C(OC2OC(CO)C(OC3OC(CO)C(O)C(O)C3O)C(O)C2O)C(O)C1O)NC(=O)CCCCCCCCCCCCCCCCCCCCCCCCCCCCCCCCCCCCCC. The van der Waals surface area contributed by atoms with E-state index in [1.807, 2.05) is 6.08 Å². The van der Waals surface area contributed by atoms with Crippen LogP contribution in [0.5, 0.6) is 0 Å². The second-order valence-electron chi connectivity index (χ2n) is 30.7. The van der Waals surface area contributed by atoms with E-state index < -0.39 is 124 Å². The molecule has 3 rings (SSSR count). The number of aliphatic hydroxyl groups excluding tert-OH is 11. The maximum atomic E-state index is 13.5. The van der Waals surface area contributed by atoms with Crippen LogP contribution in [0, 0.1) is 0 Å². The molecule has 3 aliphatic heterocycles. The van der Waals surface area contributed by atoms with Gasteiger partial charge in [-0.25, -0.2) is 0 Å². The van der Waals surface area contributed by atoms with Crippen molar-refractivity contribution in [2.75, 3.05) is 26.4 Å². The van der Waals surface area contributed by atoms with Gasteiger partial charge < -0.3 is 89.9 Å². The van der Waals surface area contributed by atoms with Crippen LogP contribution >= 0.6 is 0 Å². The average Bonchev–Trinajstić information content (AvgIpc) is 0.783. The minimum absolute atomic E-state index is 0.250. The molecule has 17 unspecified atom stereocenters. The molecule has 0 aromatic rings. The van der Waals surface area contributed by atoms with Crippen LogP contribution in [0.4, 0.5) is 0 Å². The normalized spacial score (nSPS) is 26.3. The summed E-state index contributed by atoms with van der Waals surface area (Å²) in [5.41, 5.74) is 0. The number of nitrogens with one attached hydrogen (secondary N) is 1. The van der Waals surface area contributed by atoms with Crippen LogP contribution in [-0.4, -0.2) is 193 Å². The van der Waals surface area contributed by atoms with Gasteiger partial charge in [-0.3, -0.25) is 4.79 Å². The summed E-state index contributed by atoms with van der Waals surface area (Å²) in [4.78, 5) is 13.5. The van der Waals surface area contributed by atoms with E-state index in [0.717, 1.165) is 44.9 Å². The van der Waals surface area contributed by atoms with Crippen LogP contribution in [-0.2, 0) is 33.2 Å². The number of hydrogen-bond donors (Lipinski definition) is 12. The van der Waals surface area contributed by atoms with Gasteiger partial charge in [0.2, 0.25) is 5.91 Å². The minimum atomic E-state index is -1.98. The summed E-state index contributed by atoms with van der Waals surface area (Å²) in [7, 11) is 0. The maximum Gasteiger partial charge on any atom is 0.220 e. The molecule has 12 N–H and O–H groups in total. The summed E-state index contributed by atoms with van der Waals surface area (Å²) in [5, 5.41) is 121. The third-order valence-electron chi connectivity index (χ3n) is 21.6. The van der Waals surface area contributed by atoms with Gasteiger partial charge >= 0.3 is 0 Å². The minimum Gasteiger partial charge on any atom is -0.394 e. The van der Waals surface area contributed by atoms with Gasteiger partial charge in [0.1, 0.15) is 73.2 Å². The van der Waals surface area contributed by atoms with Crippen molar-refractivity contribution in [1.29, 1.82) is 0 Å². The summed E-state index contributed by atoms with van der Waals surface area (Å²) in [6.07, 6.45) is 49.4. The molecule has 1 amide bonds. The van der Waals surface area contributed by atoms with Crippen molar-refractivity contribution in [3.63, 3.8) is 0 Å². The van der Waals surface area contributed by atoms with Crippen molar-refractivity contribution in [1.82, 2.24) is 5.32 Å². The summed E-state index contributed by atoms with van der Waals surface area (Å²) in [5.74, 6) is -0.266. The lowest BCUT2D eigenvalue weighted by Crippen LogP contribution is -2.66. The van der Waals surface area contributed by atoms with Crippen molar-refractivity contribution in [3.05, 3.63) is 12.2 Å². The Hall–Kier alpha value is -1.47. The third kappa shape index (κ3) is 43.3. The van der Waals surface area contributed by atoms with Crippen LogP contribution in [0.2, 0.25) is 0 Å². The third-order valence-corrected chi connectivity index (χ3v) is 21.6. The highest BCUT2D eigenvalue weighted by molar-refractivity contribution is 5.76. The fraction of sp³-hybridized carbons (Fsp3) is 0.963. The highest BCUT2D eigenvalue weighted by Crippen LogP contribution is 2.33. The summed E-state index contributed by atoms with van der Waals surface area (Å²) in [6.45, 7) is 1.80. The molecule has 0 aliphatic carbocycles. The molecule has 0 radical (unpaired) electrons. The second-order valence-corrected chi connectivity index (χ2v) is 30.7. The van der Waals surface area contributed by atoms with Gasteiger partial charge in [-0.15, -0.1) is 0 Å². The molecular weight excluding hydrogens is 1290 g/mol. The average molecular weight is 1450 g/mol. The van der Waals surface area contributed by atoms with Gasteiger partial charge in [0.05, 0.1) is 38.6 Å². The molecule has 19 nitrogen and oxygen atoms in total. The van der Waals surface area contributed by atoms with Gasteiger partial charge in [-0.1, -0.05) is 360 Å². The van der Waals surface area contributed by atoms with Crippen molar-refractivity contribution in [2.24, 2.45) is 0 Å². The van der Waals surface area contributed by atoms with E-state index in [2.05, 4.69) is 19.2 Å². The monoisotopic (exact) mass is 1440 g/mol. The largest absolute Gasteiger partial charge is 0.394 e. The van der Waals surface area contributed by atoms with Crippen LogP contribution < -0.4 is 5.32 Å². The zero-order valence-electron chi connectivity index (χ0n) is 64.2. The second kappa shape index (κ2) is 63.5. The Balaban J connectivity index is 1.32. The van der Waals surface area contributed by atoms with Crippen molar-refractivity contribution in [3.8, 4) is 0 Å². The first-order valence-electron chi connectivity index (χ1n) is 42.4. The van der Waals surface area contributed by atoms with Gasteiger partial charge in [-0.2, -0.15) is 0 Å². The molecule has 0 saturated carbocycles. The fourth-order valence-corrected chi connectivity index (χ4v) is 14.8. The molecular formula is C82H157NO18. The predicted octanol–water partition coefficient (Wildman–Crippen LogP) is 14.7. The lowest BCUT2D eigenvalue weighted by atomic mass is 9.96. The number of amides is 1. The zero-order valence-corrected chi connectivity index (χ0v) is 64.2. The van der Waals surface area contributed by atoms with E-state index in [-0.39, 0.29) is 18.9 Å². The number of unbranched alkanes of at least 4 members (excludes halogenated alkanes) is 53. The number of aliphatic hydroxyl groups is 11. The van der Waals surface area contributed by atoms with Gasteiger partial charge in [0.15, 0.2) is 18.9 Å². The lowest BCUT2D eigenvalue weighted by molar-refractivity contribution is -0.379. The number of rotatable bonds is 69. The fourth-order valence-electron chi connectivity index (χ4n) is 14.8. The molecule has 0 bridgehead atoms. The molecule has 3 saturated heterocycles. The first-order valence-corrected chi connectivity index (χ1v) is 42.4. The molecule has 0 aromatic heterocycles.